The van der Waals surface area contributed by atoms with Gasteiger partial charge in [-0.15, -0.1) is 0 Å². The molecule has 0 atom stereocenters. The molecule has 0 bridgehead atoms. The number of nitrogens with zero attached hydrogens (tertiary/aromatic N) is 1. The molecule has 7 heteroatoms. The van der Waals surface area contributed by atoms with Gasteiger partial charge in [-0.1, -0.05) is 15.9 Å². The van der Waals surface area contributed by atoms with Crippen LogP contribution in [-0.4, -0.2) is 17.2 Å². The number of halogens is 3. The first-order valence-corrected chi connectivity index (χ1v) is 7.33. The number of amides is 1. The number of phenols is 1. The molecule has 2 aromatic carbocycles. The summed E-state index contributed by atoms with van der Waals surface area (Å²) in [7, 11) is 0. The molecule has 0 aliphatic carbocycles. The maximum absolute atomic E-state index is 12.7. The predicted molar refractivity (Wildman–Crippen MR) is 85.0 cm³/mol. The van der Waals surface area contributed by atoms with Crippen LogP contribution in [0.5, 0.6) is 5.75 Å². The van der Waals surface area contributed by atoms with E-state index in [0.29, 0.717) is 10.0 Å². The SMILES string of the molecule is O=C(N/N=C/c1cc(Br)cc(Br)c1O)c1ccc(F)cc1. The van der Waals surface area contributed by atoms with Crippen LogP contribution >= 0.6 is 31.9 Å². The topological polar surface area (TPSA) is 61.7 Å². The van der Waals surface area contributed by atoms with Crippen molar-refractivity contribution < 1.29 is 14.3 Å². The highest BCUT2D eigenvalue weighted by Crippen LogP contribution is 2.30. The first-order chi connectivity index (χ1) is 9.97. The molecule has 1 amide bonds. The first-order valence-electron chi connectivity index (χ1n) is 5.74. The maximum atomic E-state index is 12.7. The number of nitrogens with one attached hydrogen (secondary N) is 1. The van der Waals surface area contributed by atoms with Crippen molar-refractivity contribution in [3.05, 3.63) is 62.3 Å². The van der Waals surface area contributed by atoms with Gasteiger partial charge in [-0.3, -0.25) is 4.79 Å². The minimum absolute atomic E-state index is 0.0120. The summed E-state index contributed by atoms with van der Waals surface area (Å²) in [6.07, 6.45) is 1.31. The minimum Gasteiger partial charge on any atom is -0.506 e. The van der Waals surface area contributed by atoms with Crippen molar-refractivity contribution >= 4 is 44.0 Å². The van der Waals surface area contributed by atoms with Crippen LogP contribution in [0.25, 0.3) is 0 Å². The Bertz CT molecular complexity index is 703. The highest BCUT2D eigenvalue weighted by molar-refractivity contribution is 9.11. The standard InChI is InChI=1S/C14H9Br2FN2O2/c15-10-5-9(13(20)12(16)6-10)7-18-19-14(21)8-1-3-11(17)4-2-8/h1-7,20H,(H,19,21)/b18-7+. The molecule has 0 saturated heterocycles. The lowest BCUT2D eigenvalue weighted by Gasteiger charge is -2.03. The fourth-order valence-corrected chi connectivity index (χ4v) is 2.77. The second-order valence-electron chi connectivity index (χ2n) is 4.03. The summed E-state index contributed by atoms with van der Waals surface area (Å²) in [5.41, 5.74) is 3.01. The van der Waals surface area contributed by atoms with Crippen molar-refractivity contribution in [2.75, 3.05) is 0 Å². The Morgan fingerprint density at radius 2 is 1.90 bits per heavy atom. The van der Waals surface area contributed by atoms with Crippen molar-refractivity contribution in [3.63, 3.8) is 0 Å². The van der Waals surface area contributed by atoms with Gasteiger partial charge in [0, 0.05) is 15.6 Å². The number of hydrogen-bond acceptors (Lipinski definition) is 3. The smallest absolute Gasteiger partial charge is 0.271 e. The third kappa shape index (κ3) is 4.12. The molecular weight excluding hydrogens is 407 g/mol. The number of hydrazone groups is 1. The number of benzene rings is 2. The van der Waals surface area contributed by atoms with Crippen molar-refractivity contribution in [1.82, 2.24) is 5.43 Å². The van der Waals surface area contributed by atoms with E-state index in [1.807, 2.05) is 0 Å². The number of rotatable bonds is 3. The molecule has 0 unspecified atom stereocenters. The minimum atomic E-state index is -0.472. The van der Waals surface area contributed by atoms with Gasteiger partial charge in [0.2, 0.25) is 0 Å². The predicted octanol–water partition coefficient (Wildman–Crippen LogP) is 3.82. The van der Waals surface area contributed by atoms with E-state index in [1.54, 1.807) is 12.1 Å². The molecule has 0 fully saturated rings. The average Bonchev–Trinajstić information content (AvgIpc) is 2.44. The second kappa shape index (κ2) is 6.82. The summed E-state index contributed by atoms with van der Waals surface area (Å²) < 4.78 is 14.0. The molecule has 108 valence electrons. The highest BCUT2D eigenvalue weighted by atomic mass is 79.9. The monoisotopic (exact) mass is 414 g/mol. The Labute approximate surface area is 136 Å². The third-order valence-corrected chi connectivity index (χ3v) is 3.60. The Hall–Kier alpha value is -1.73. The third-order valence-electron chi connectivity index (χ3n) is 2.53. The van der Waals surface area contributed by atoms with E-state index in [4.69, 9.17) is 0 Å². The molecule has 21 heavy (non-hydrogen) atoms. The fraction of sp³-hybridized carbons (Fsp3) is 0. The quantitative estimate of drug-likeness (QED) is 0.591. The molecule has 2 aromatic rings. The van der Waals surface area contributed by atoms with Gasteiger partial charge in [0.05, 0.1) is 10.7 Å². The van der Waals surface area contributed by atoms with Crippen LogP contribution in [0.3, 0.4) is 0 Å². The van der Waals surface area contributed by atoms with Crippen LogP contribution in [0.15, 0.2) is 50.4 Å². The zero-order chi connectivity index (χ0) is 15.4. The first kappa shape index (κ1) is 15.7. The summed E-state index contributed by atoms with van der Waals surface area (Å²) in [5, 5.41) is 13.6. The lowest BCUT2D eigenvalue weighted by atomic mass is 10.2. The zero-order valence-corrected chi connectivity index (χ0v) is 13.7. The molecule has 0 aromatic heterocycles. The lowest BCUT2D eigenvalue weighted by Crippen LogP contribution is -2.17. The van der Waals surface area contributed by atoms with E-state index >= 15 is 0 Å². The largest absolute Gasteiger partial charge is 0.506 e. The summed E-state index contributed by atoms with van der Waals surface area (Å²) in [6, 6.07) is 8.42. The van der Waals surface area contributed by atoms with E-state index in [9.17, 15) is 14.3 Å². The number of hydrogen-bond donors (Lipinski definition) is 2. The van der Waals surface area contributed by atoms with E-state index < -0.39 is 11.7 Å². The fourth-order valence-electron chi connectivity index (χ4n) is 1.51. The van der Waals surface area contributed by atoms with Crippen LogP contribution in [0.1, 0.15) is 15.9 Å². The Morgan fingerprint density at radius 3 is 2.57 bits per heavy atom. The van der Waals surface area contributed by atoms with Crippen LogP contribution < -0.4 is 5.43 Å². The maximum Gasteiger partial charge on any atom is 0.271 e. The van der Waals surface area contributed by atoms with Crippen LogP contribution in [-0.2, 0) is 0 Å². The normalized spacial score (nSPS) is 10.8. The van der Waals surface area contributed by atoms with Gasteiger partial charge in [0.1, 0.15) is 11.6 Å². The molecule has 0 spiro atoms. The molecule has 0 aliphatic heterocycles. The molecule has 0 heterocycles. The van der Waals surface area contributed by atoms with Crippen molar-refractivity contribution in [2.45, 2.75) is 0 Å². The van der Waals surface area contributed by atoms with E-state index in [1.165, 1.54) is 30.5 Å². The molecule has 2 N–H and O–H groups in total. The summed E-state index contributed by atoms with van der Waals surface area (Å²) in [5.74, 6) is -0.878. The van der Waals surface area contributed by atoms with E-state index in [0.717, 1.165) is 4.47 Å². The molecule has 4 nitrogen and oxygen atoms in total. The molecule has 0 radical (unpaired) electrons. The number of carbonyl (C=O) groups is 1. The van der Waals surface area contributed by atoms with Gasteiger partial charge in [0.15, 0.2) is 0 Å². The molecule has 0 aliphatic rings. The number of carbonyl (C=O) groups excluding carboxylic acids is 1. The second-order valence-corrected chi connectivity index (χ2v) is 5.80. The van der Waals surface area contributed by atoms with Gasteiger partial charge in [-0.25, -0.2) is 9.82 Å². The van der Waals surface area contributed by atoms with E-state index in [-0.39, 0.29) is 11.3 Å². The highest BCUT2D eigenvalue weighted by Gasteiger charge is 2.06. The van der Waals surface area contributed by atoms with Gasteiger partial charge >= 0.3 is 0 Å². The number of phenolic OH excluding ortho intramolecular Hbond substituents is 1. The van der Waals surface area contributed by atoms with Crippen molar-refractivity contribution in [2.24, 2.45) is 5.10 Å². The summed E-state index contributed by atoms with van der Waals surface area (Å²) in [6.45, 7) is 0. The van der Waals surface area contributed by atoms with Crippen molar-refractivity contribution in [3.8, 4) is 5.75 Å². The molecular formula is C14H9Br2FN2O2. The summed E-state index contributed by atoms with van der Waals surface area (Å²) in [4.78, 5) is 11.7. The Kier molecular flexibility index (Phi) is 5.08. The molecule has 0 saturated carbocycles. The van der Waals surface area contributed by atoms with Crippen LogP contribution in [0, 0.1) is 5.82 Å². The van der Waals surface area contributed by atoms with Gasteiger partial charge in [-0.05, 0) is 52.3 Å². The summed E-state index contributed by atoms with van der Waals surface area (Å²) >= 11 is 6.48. The Morgan fingerprint density at radius 1 is 1.24 bits per heavy atom. The lowest BCUT2D eigenvalue weighted by molar-refractivity contribution is 0.0955. The van der Waals surface area contributed by atoms with Crippen LogP contribution in [0.4, 0.5) is 4.39 Å². The Balaban J connectivity index is 2.09. The van der Waals surface area contributed by atoms with Gasteiger partial charge < -0.3 is 5.11 Å². The molecule has 2 rings (SSSR count). The zero-order valence-electron chi connectivity index (χ0n) is 10.5. The number of aromatic hydroxyl groups is 1. The van der Waals surface area contributed by atoms with E-state index in [2.05, 4.69) is 42.4 Å². The average molecular weight is 416 g/mol. The van der Waals surface area contributed by atoms with Crippen molar-refractivity contribution in [1.29, 1.82) is 0 Å². The van der Waals surface area contributed by atoms with Crippen LogP contribution in [0.2, 0.25) is 0 Å². The van der Waals surface area contributed by atoms with Gasteiger partial charge in [-0.2, -0.15) is 5.10 Å². The van der Waals surface area contributed by atoms with Gasteiger partial charge in [0.25, 0.3) is 5.91 Å².